The Kier molecular flexibility index (Phi) is 3.62. The first-order chi connectivity index (χ1) is 9.02. The van der Waals surface area contributed by atoms with Gasteiger partial charge in [-0.25, -0.2) is 0 Å². The van der Waals surface area contributed by atoms with Gasteiger partial charge in [0, 0.05) is 5.56 Å². The lowest BCUT2D eigenvalue weighted by molar-refractivity contribution is 0.500. The van der Waals surface area contributed by atoms with Crippen LogP contribution in [0.4, 0.5) is 5.69 Å². The van der Waals surface area contributed by atoms with Crippen molar-refractivity contribution in [3.05, 3.63) is 52.5 Å². The molecule has 0 aliphatic rings. The van der Waals surface area contributed by atoms with E-state index in [9.17, 15) is 5.26 Å². The Balaban J connectivity index is 2.30. The summed E-state index contributed by atoms with van der Waals surface area (Å²) >= 11 is 0. The highest BCUT2D eigenvalue weighted by Gasteiger charge is 2.14. The predicted molar refractivity (Wildman–Crippen MR) is 76.1 cm³/mol. The standard InChI is InChI=1S/C16H18N2O/c1-10-6-5-7-16(15(10)9-17)18-12(3)14-8-11(2)19-13(14)4/h5-8,12,18H,1-4H3. The monoisotopic (exact) mass is 254 g/mol. The van der Waals surface area contributed by atoms with Crippen molar-refractivity contribution < 1.29 is 4.42 Å². The largest absolute Gasteiger partial charge is 0.466 e. The van der Waals surface area contributed by atoms with Gasteiger partial charge in [-0.2, -0.15) is 5.26 Å². The van der Waals surface area contributed by atoms with E-state index in [4.69, 9.17) is 4.42 Å². The first kappa shape index (κ1) is 13.2. The summed E-state index contributed by atoms with van der Waals surface area (Å²) in [5.74, 6) is 1.83. The number of nitrogens with zero attached hydrogens (tertiary/aromatic N) is 1. The van der Waals surface area contributed by atoms with Crippen LogP contribution in [0.5, 0.6) is 0 Å². The predicted octanol–water partition coefficient (Wildman–Crippen LogP) is 4.25. The average molecular weight is 254 g/mol. The van der Waals surface area contributed by atoms with Crippen molar-refractivity contribution in [1.29, 1.82) is 5.26 Å². The van der Waals surface area contributed by atoms with Gasteiger partial charge in [0.15, 0.2) is 0 Å². The summed E-state index contributed by atoms with van der Waals surface area (Å²) in [5, 5.41) is 12.6. The maximum atomic E-state index is 9.23. The number of benzene rings is 1. The van der Waals surface area contributed by atoms with Crippen LogP contribution in [-0.2, 0) is 0 Å². The van der Waals surface area contributed by atoms with Crippen LogP contribution in [0.2, 0.25) is 0 Å². The molecule has 0 aliphatic carbocycles. The molecule has 1 N–H and O–H groups in total. The van der Waals surface area contributed by atoms with E-state index in [2.05, 4.69) is 18.3 Å². The minimum Gasteiger partial charge on any atom is -0.466 e. The maximum absolute atomic E-state index is 9.23. The van der Waals surface area contributed by atoms with Crippen LogP contribution in [0.15, 0.2) is 28.7 Å². The molecule has 0 saturated heterocycles. The van der Waals surface area contributed by atoms with Gasteiger partial charge in [-0.3, -0.25) is 0 Å². The summed E-state index contributed by atoms with van der Waals surface area (Å²) in [4.78, 5) is 0. The highest BCUT2D eigenvalue weighted by Crippen LogP contribution is 2.27. The van der Waals surface area contributed by atoms with E-state index in [1.54, 1.807) is 0 Å². The van der Waals surface area contributed by atoms with Crippen LogP contribution >= 0.6 is 0 Å². The van der Waals surface area contributed by atoms with Gasteiger partial charge >= 0.3 is 0 Å². The molecule has 1 aromatic carbocycles. The van der Waals surface area contributed by atoms with Crippen LogP contribution in [0.1, 0.15) is 41.2 Å². The summed E-state index contributed by atoms with van der Waals surface area (Å²) in [7, 11) is 0. The molecule has 2 aromatic rings. The number of hydrogen-bond acceptors (Lipinski definition) is 3. The van der Waals surface area contributed by atoms with Crippen molar-refractivity contribution in [3.8, 4) is 6.07 Å². The number of nitrogens with one attached hydrogen (secondary N) is 1. The molecule has 0 spiro atoms. The van der Waals surface area contributed by atoms with Crippen molar-refractivity contribution >= 4 is 5.69 Å². The highest BCUT2D eigenvalue weighted by molar-refractivity contribution is 5.61. The summed E-state index contributed by atoms with van der Waals surface area (Å²) < 4.78 is 5.55. The van der Waals surface area contributed by atoms with Crippen molar-refractivity contribution in [2.75, 3.05) is 5.32 Å². The minimum absolute atomic E-state index is 0.103. The van der Waals surface area contributed by atoms with Crippen molar-refractivity contribution in [3.63, 3.8) is 0 Å². The fourth-order valence-corrected chi connectivity index (χ4v) is 2.33. The first-order valence-corrected chi connectivity index (χ1v) is 6.36. The lowest BCUT2D eigenvalue weighted by Crippen LogP contribution is -2.08. The third-order valence-corrected chi connectivity index (χ3v) is 3.30. The van der Waals surface area contributed by atoms with E-state index in [1.165, 1.54) is 0 Å². The number of furan rings is 1. The number of rotatable bonds is 3. The Hall–Kier alpha value is -2.21. The summed E-state index contributed by atoms with van der Waals surface area (Å²) in [5.41, 5.74) is 3.68. The van der Waals surface area contributed by atoms with Crippen molar-refractivity contribution in [2.45, 2.75) is 33.7 Å². The quantitative estimate of drug-likeness (QED) is 0.890. The minimum atomic E-state index is 0.103. The molecule has 1 atom stereocenters. The maximum Gasteiger partial charge on any atom is 0.106 e. The lowest BCUT2D eigenvalue weighted by Gasteiger charge is -2.16. The van der Waals surface area contributed by atoms with E-state index < -0.39 is 0 Å². The van der Waals surface area contributed by atoms with Gasteiger partial charge in [0.05, 0.1) is 17.3 Å². The zero-order chi connectivity index (χ0) is 14.0. The Morgan fingerprint density at radius 1 is 1.26 bits per heavy atom. The lowest BCUT2D eigenvalue weighted by atomic mass is 10.1. The van der Waals surface area contributed by atoms with Gasteiger partial charge in [-0.05, 0) is 45.4 Å². The molecule has 3 heteroatoms. The van der Waals surface area contributed by atoms with Gasteiger partial charge in [-0.1, -0.05) is 12.1 Å². The summed E-state index contributed by atoms with van der Waals surface area (Å²) in [6.07, 6.45) is 0. The van der Waals surface area contributed by atoms with Gasteiger partial charge < -0.3 is 9.73 Å². The van der Waals surface area contributed by atoms with E-state index in [0.29, 0.717) is 5.56 Å². The number of hydrogen-bond donors (Lipinski definition) is 1. The van der Waals surface area contributed by atoms with Crippen LogP contribution in [0, 0.1) is 32.1 Å². The molecule has 1 unspecified atom stereocenters. The van der Waals surface area contributed by atoms with Crippen LogP contribution < -0.4 is 5.32 Å². The second-order valence-corrected chi connectivity index (χ2v) is 4.84. The third-order valence-electron chi connectivity index (χ3n) is 3.30. The molecule has 0 bridgehead atoms. The van der Waals surface area contributed by atoms with Crippen LogP contribution in [0.25, 0.3) is 0 Å². The molecular formula is C16H18N2O. The fourth-order valence-electron chi connectivity index (χ4n) is 2.33. The molecule has 0 saturated carbocycles. The molecule has 19 heavy (non-hydrogen) atoms. The Bertz CT molecular complexity index is 635. The van der Waals surface area contributed by atoms with Crippen LogP contribution in [-0.4, -0.2) is 0 Å². The number of nitriles is 1. The highest BCUT2D eigenvalue weighted by atomic mass is 16.3. The Labute approximate surface area is 113 Å². The third kappa shape index (κ3) is 2.63. The molecule has 1 heterocycles. The Morgan fingerprint density at radius 2 is 2.00 bits per heavy atom. The summed E-state index contributed by atoms with van der Waals surface area (Å²) in [6, 6.07) is 10.2. The molecule has 1 aromatic heterocycles. The van der Waals surface area contributed by atoms with Gasteiger partial charge in [0.1, 0.15) is 17.6 Å². The summed E-state index contributed by atoms with van der Waals surface area (Å²) in [6.45, 7) is 7.92. The topological polar surface area (TPSA) is 49.0 Å². The zero-order valence-corrected chi connectivity index (χ0v) is 11.7. The fraction of sp³-hybridized carbons (Fsp3) is 0.312. The second kappa shape index (κ2) is 5.19. The smallest absolute Gasteiger partial charge is 0.106 e. The molecule has 0 amide bonds. The van der Waals surface area contributed by atoms with E-state index in [1.807, 2.05) is 45.0 Å². The normalized spacial score (nSPS) is 11.9. The van der Waals surface area contributed by atoms with Gasteiger partial charge in [0.2, 0.25) is 0 Å². The molecule has 98 valence electrons. The van der Waals surface area contributed by atoms with E-state index in [0.717, 1.165) is 28.3 Å². The molecule has 0 radical (unpaired) electrons. The van der Waals surface area contributed by atoms with E-state index in [-0.39, 0.29) is 6.04 Å². The molecule has 0 fully saturated rings. The van der Waals surface area contributed by atoms with Crippen molar-refractivity contribution in [2.24, 2.45) is 0 Å². The second-order valence-electron chi connectivity index (χ2n) is 4.84. The number of aryl methyl sites for hydroxylation is 3. The Morgan fingerprint density at radius 3 is 2.58 bits per heavy atom. The molecule has 2 rings (SSSR count). The van der Waals surface area contributed by atoms with E-state index >= 15 is 0 Å². The number of anilines is 1. The molecule has 3 nitrogen and oxygen atoms in total. The van der Waals surface area contributed by atoms with Crippen LogP contribution in [0.3, 0.4) is 0 Å². The van der Waals surface area contributed by atoms with Gasteiger partial charge in [0.25, 0.3) is 0 Å². The molecular weight excluding hydrogens is 236 g/mol. The molecule has 0 aliphatic heterocycles. The first-order valence-electron chi connectivity index (χ1n) is 6.36. The SMILES string of the molecule is Cc1cc(C(C)Nc2cccc(C)c2C#N)c(C)o1. The van der Waals surface area contributed by atoms with Crippen molar-refractivity contribution in [1.82, 2.24) is 0 Å². The average Bonchev–Trinajstić information content (AvgIpc) is 2.69. The van der Waals surface area contributed by atoms with Gasteiger partial charge in [-0.15, -0.1) is 0 Å². The zero-order valence-electron chi connectivity index (χ0n) is 11.7.